The van der Waals surface area contributed by atoms with E-state index in [0.717, 1.165) is 5.56 Å². The smallest absolute Gasteiger partial charge is 0.335 e. The molecule has 0 aliphatic heterocycles. The fraction of sp³-hybridized carbons (Fsp3) is 0.200. The quantitative estimate of drug-likeness (QED) is 0.538. The molecule has 0 saturated heterocycles. The van der Waals surface area contributed by atoms with Crippen LogP contribution in [0, 0.1) is 6.92 Å². The summed E-state index contributed by atoms with van der Waals surface area (Å²) in [6.07, 6.45) is 3.27. The Morgan fingerprint density at radius 1 is 1.44 bits per heavy atom. The predicted molar refractivity (Wildman–Crippen MR) is 31.6 cm³/mol. The second kappa shape index (κ2) is 2.41. The van der Waals surface area contributed by atoms with Crippen LogP contribution in [-0.2, 0) is 0 Å². The minimum Gasteiger partial charge on any atom is -0.371 e. The van der Waals surface area contributed by atoms with Crippen molar-refractivity contribution in [2.24, 2.45) is 5.90 Å². The van der Waals surface area contributed by atoms with Crippen LogP contribution in [0.4, 0.5) is 0 Å². The number of hydrogen-bond donors (Lipinski definition) is 1. The van der Waals surface area contributed by atoms with E-state index >= 15 is 0 Å². The van der Waals surface area contributed by atoms with Crippen LogP contribution in [0.2, 0.25) is 0 Å². The first kappa shape index (κ1) is 5.97. The molecule has 1 heterocycles. The summed E-state index contributed by atoms with van der Waals surface area (Å²) in [4.78, 5) is 11.7. The zero-order valence-electron chi connectivity index (χ0n) is 5.03. The highest BCUT2D eigenvalue weighted by molar-refractivity contribution is 5.03. The number of nitrogens with zero attached hydrogens (tertiary/aromatic N) is 2. The normalized spacial score (nSPS) is 9.11. The van der Waals surface area contributed by atoms with Crippen LogP contribution in [0.5, 0.6) is 6.01 Å². The Morgan fingerprint density at radius 2 is 2.00 bits per heavy atom. The molecule has 0 fully saturated rings. The molecule has 1 rings (SSSR count). The maximum absolute atomic E-state index is 4.77. The molecule has 0 spiro atoms. The van der Waals surface area contributed by atoms with Gasteiger partial charge in [-0.25, -0.2) is 9.97 Å². The number of aromatic nitrogens is 2. The summed E-state index contributed by atoms with van der Waals surface area (Å²) in [6, 6.07) is 0.195. The molecule has 0 unspecified atom stereocenters. The average molecular weight is 125 g/mol. The summed E-state index contributed by atoms with van der Waals surface area (Å²) in [6.45, 7) is 1.89. The fourth-order valence-electron chi connectivity index (χ4n) is 0.442. The van der Waals surface area contributed by atoms with Crippen LogP contribution in [0.15, 0.2) is 12.4 Å². The molecular formula is C5H7N3O. The first-order valence-corrected chi connectivity index (χ1v) is 2.48. The summed E-state index contributed by atoms with van der Waals surface area (Å²) >= 11 is 0. The molecule has 9 heavy (non-hydrogen) atoms. The summed E-state index contributed by atoms with van der Waals surface area (Å²) in [5.74, 6) is 4.77. The third kappa shape index (κ3) is 1.36. The largest absolute Gasteiger partial charge is 0.371 e. The lowest BCUT2D eigenvalue weighted by atomic mass is 10.4. The SMILES string of the molecule is Cc1cnc(ON)nc1. The molecule has 0 amide bonds. The molecule has 48 valence electrons. The van der Waals surface area contributed by atoms with Crippen molar-refractivity contribution in [3.63, 3.8) is 0 Å². The Morgan fingerprint density at radius 3 is 2.44 bits per heavy atom. The standard InChI is InChI=1S/C5H7N3O/c1-4-2-7-5(9-6)8-3-4/h2-3H,6H2,1H3. The lowest BCUT2D eigenvalue weighted by Gasteiger charge is -1.93. The van der Waals surface area contributed by atoms with Crippen molar-refractivity contribution in [2.45, 2.75) is 6.92 Å². The highest BCUT2D eigenvalue weighted by Gasteiger charge is 1.90. The Kier molecular flexibility index (Phi) is 1.60. The van der Waals surface area contributed by atoms with E-state index < -0.39 is 0 Å². The summed E-state index contributed by atoms with van der Waals surface area (Å²) in [5.41, 5.74) is 0.982. The monoisotopic (exact) mass is 125 g/mol. The van der Waals surface area contributed by atoms with Gasteiger partial charge in [-0.15, -0.1) is 0 Å². The maximum atomic E-state index is 4.77. The molecule has 0 aliphatic carbocycles. The van der Waals surface area contributed by atoms with E-state index in [4.69, 9.17) is 5.90 Å². The van der Waals surface area contributed by atoms with Crippen LogP contribution < -0.4 is 10.7 Å². The van der Waals surface area contributed by atoms with Gasteiger partial charge in [-0.3, -0.25) is 0 Å². The van der Waals surface area contributed by atoms with Gasteiger partial charge in [-0.2, -0.15) is 5.90 Å². The highest BCUT2D eigenvalue weighted by atomic mass is 16.6. The van der Waals surface area contributed by atoms with Gasteiger partial charge in [0, 0.05) is 12.4 Å². The van der Waals surface area contributed by atoms with Crippen LogP contribution in [0.1, 0.15) is 5.56 Å². The molecule has 1 aromatic rings. The molecule has 0 atom stereocenters. The average Bonchev–Trinajstić information content (AvgIpc) is 1.90. The first-order valence-electron chi connectivity index (χ1n) is 2.48. The van der Waals surface area contributed by atoms with E-state index in [-0.39, 0.29) is 6.01 Å². The number of rotatable bonds is 1. The molecule has 4 nitrogen and oxygen atoms in total. The second-order valence-electron chi connectivity index (χ2n) is 1.66. The highest BCUT2D eigenvalue weighted by Crippen LogP contribution is 1.97. The molecule has 1 aromatic heterocycles. The Bertz CT molecular complexity index is 184. The Labute approximate surface area is 52.6 Å². The fourth-order valence-corrected chi connectivity index (χ4v) is 0.442. The summed E-state index contributed by atoms with van der Waals surface area (Å²) in [7, 11) is 0. The molecule has 0 aliphatic rings. The lowest BCUT2D eigenvalue weighted by molar-refractivity contribution is 0.306. The van der Waals surface area contributed by atoms with Gasteiger partial charge in [-0.05, 0) is 12.5 Å². The van der Waals surface area contributed by atoms with Crippen LogP contribution >= 0.6 is 0 Å². The first-order chi connectivity index (χ1) is 4.33. The molecular weight excluding hydrogens is 118 g/mol. The second-order valence-corrected chi connectivity index (χ2v) is 1.66. The summed E-state index contributed by atoms with van der Waals surface area (Å²) in [5, 5.41) is 0. The van der Waals surface area contributed by atoms with Gasteiger partial charge in [0.2, 0.25) is 0 Å². The third-order valence-corrected chi connectivity index (χ3v) is 0.863. The van der Waals surface area contributed by atoms with E-state index in [1.807, 2.05) is 6.92 Å². The molecule has 0 bridgehead atoms. The minimum absolute atomic E-state index is 0.195. The van der Waals surface area contributed by atoms with Gasteiger partial charge < -0.3 is 4.84 Å². The summed E-state index contributed by atoms with van der Waals surface area (Å²) < 4.78 is 0. The molecule has 0 radical (unpaired) electrons. The topological polar surface area (TPSA) is 61.0 Å². The number of nitrogens with two attached hydrogens (primary N) is 1. The predicted octanol–water partition coefficient (Wildman–Crippen LogP) is 0.0375. The third-order valence-electron chi connectivity index (χ3n) is 0.863. The van der Waals surface area contributed by atoms with Gasteiger partial charge >= 0.3 is 6.01 Å². The maximum Gasteiger partial charge on any atom is 0.335 e. The van der Waals surface area contributed by atoms with Crippen molar-refractivity contribution >= 4 is 0 Å². The molecule has 0 aromatic carbocycles. The zero-order chi connectivity index (χ0) is 6.69. The molecule has 0 saturated carbocycles. The lowest BCUT2D eigenvalue weighted by Crippen LogP contribution is -2.05. The zero-order valence-corrected chi connectivity index (χ0v) is 5.03. The van der Waals surface area contributed by atoms with Crippen molar-refractivity contribution in [3.8, 4) is 6.01 Å². The van der Waals surface area contributed by atoms with E-state index in [9.17, 15) is 0 Å². The van der Waals surface area contributed by atoms with Crippen molar-refractivity contribution in [1.29, 1.82) is 0 Å². The number of hydrogen-bond acceptors (Lipinski definition) is 4. The van der Waals surface area contributed by atoms with E-state index in [0.29, 0.717) is 0 Å². The van der Waals surface area contributed by atoms with Crippen LogP contribution in [0.25, 0.3) is 0 Å². The molecule has 4 heteroatoms. The van der Waals surface area contributed by atoms with Gasteiger partial charge in [0.25, 0.3) is 0 Å². The van der Waals surface area contributed by atoms with Gasteiger partial charge in [0.1, 0.15) is 0 Å². The van der Waals surface area contributed by atoms with Crippen molar-refractivity contribution < 1.29 is 4.84 Å². The van der Waals surface area contributed by atoms with Crippen molar-refractivity contribution in [2.75, 3.05) is 0 Å². The van der Waals surface area contributed by atoms with Crippen molar-refractivity contribution in [3.05, 3.63) is 18.0 Å². The molecule has 2 N–H and O–H groups in total. The van der Waals surface area contributed by atoms with Crippen LogP contribution in [-0.4, -0.2) is 9.97 Å². The number of aryl methyl sites for hydroxylation is 1. The van der Waals surface area contributed by atoms with Crippen molar-refractivity contribution in [1.82, 2.24) is 9.97 Å². The van der Waals surface area contributed by atoms with Gasteiger partial charge in [-0.1, -0.05) is 0 Å². The van der Waals surface area contributed by atoms with E-state index in [1.54, 1.807) is 12.4 Å². The van der Waals surface area contributed by atoms with E-state index in [1.165, 1.54) is 0 Å². The Hall–Kier alpha value is -1.16. The van der Waals surface area contributed by atoms with E-state index in [2.05, 4.69) is 14.8 Å². The Balaban J connectivity index is 2.88. The van der Waals surface area contributed by atoms with Crippen LogP contribution in [0.3, 0.4) is 0 Å². The minimum atomic E-state index is 0.195. The van der Waals surface area contributed by atoms with Gasteiger partial charge in [0.05, 0.1) is 0 Å². The van der Waals surface area contributed by atoms with Gasteiger partial charge in [0.15, 0.2) is 0 Å².